The number of sulfonamides is 1. The number of fused-ring (bicyclic) bond motifs is 1. The molecule has 0 aliphatic rings. The lowest BCUT2D eigenvalue weighted by molar-refractivity contribution is 0.0977. The number of hydrogen-bond acceptors (Lipinski definition) is 6. The molecule has 0 saturated carbocycles. The Balaban J connectivity index is 1.65. The second kappa shape index (κ2) is 9.54. The minimum Gasteiger partial charge on any atom is -0.307 e. The minimum atomic E-state index is -4.04. The van der Waals surface area contributed by atoms with Gasteiger partial charge < -0.3 is 4.57 Å². The highest BCUT2D eigenvalue weighted by Crippen LogP contribution is 2.24. The molecule has 1 aromatic carbocycles. The maximum Gasteiger partial charge on any atom is 0.283 e. The third-order valence-corrected chi connectivity index (χ3v) is 6.48. The normalized spacial score (nSPS) is 11.9. The van der Waals surface area contributed by atoms with E-state index in [1.165, 1.54) is 18.3 Å². The number of nitrogens with zero attached hydrogens (tertiary/aromatic N) is 4. The van der Waals surface area contributed by atoms with Crippen LogP contribution in [-0.4, -0.2) is 33.8 Å². The average molecular weight is 516 g/mol. The van der Waals surface area contributed by atoms with Crippen molar-refractivity contribution >= 4 is 56.4 Å². The van der Waals surface area contributed by atoms with Crippen molar-refractivity contribution < 1.29 is 13.2 Å². The maximum absolute atomic E-state index is 12.8. The lowest BCUT2D eigenvalue weighted by Crippen LogP contribution is -2.29. The van der Waals surface area contributed by atoms with Crippen LogP contribution in [0.15, 0.2) is 54.1 Å². The van der Waals surface area contributed by atoms with E-state index in [1.807, 2.05) is 10.8 Å². The zero-order chi connectivity index (χ0) is 24.5. The van der Waals surface area contributed by atoms with E-state index < -0.39 is 15.9 Å². The van der Waals surface area contributed by atoms with Crippen molar-refractivity contribution in [2.45, 2.75) is 20.4 Å². The van der Waals surface area contributed by atoms with Crippen molar-refractivity contribution in [3.63, 3.8) is 0 Å². The third-order valence-electron chi connectivity index (χ3n) is 4.98. The molecule has 1 N–H and O–H groups in total. The Labute approximate surface area is 206 Å². The molecule has 0 aliphatic carbocycles. The van der Waals surface area contributed by atoms with Gasteiger partial charge in [-0.05, 0) is 43.2 Å². The molecule has 0 saturated heterocycles. The molecule has 8 nitrogen and oxygen atoms in total. The van der Waals surface area contributed by atoms with Crippen molar-refractivity contribution in [1.29, 1.82) is 0 Å². The van der Waals surface area contributed by atoms with Crippen LogP contribution in [0.3, 0.4) is 0 Å². The molecule has 4 aromatic rings. The van der Waals surface area contributed by atoms with Crippen LogP contribution in [0.4, 0.5) is 0 Å². The first-order valence-electron chi connectivity index (χ1n) is 10.1. The minimum absolute atomic E-state index is 0.0574. The number of aromatic nitrogens is 4. The van der Waals surface area contributed by atoms with Gasteiger partial charge in [-0.15, -0.1) is 0 Å². The summed E-state index contributed by atoms with van der Waals surface area (Å²) in [6.45, 7) is 3.81. The molecule has 34 heavy (non-hydrogen) atoms. The highest BCUT2D eigenvalue weighted by atomic mass is 35.5. The van der Waals surface area contributed by atoms with Crippen LogP contribution >= 0.6 is 23.2 Å². The number of halogens is 2. The van der Waals surface area contributed by atoms with Gasteiger partial charge in [0.2, 0.25) is 0 Å². The largest absolute Gasteiger partial charge is 0.307 e. The Morgan fingerprint density at radius 2 is 1.85 bits per heavy atom. The van der Waals surface area contributed by atoms with Gasteiger partial charge >= 0.3 is 0 Å². The predicted molar refractivity (Wildman–Crippen MR) is 132 cm³/mol. The zero-order valence-corrected chi connectivity index (χ0v) is 20.5. The fourth-order valence-electron chi connectivity index (χ4n) is 3.31. The van der Waals surface area contributed by atoms with E-state index in [2.05, 4.69) is 15.0 Å². The SMILES string of the molecule is Cc1cc(C(=O)NS(=O)(=O)C=Cc2ccccc2)nc2c1nc(C)n2Cc1ncc(Cl)cc1Cl. The first-order valence-corrected chi connectivity index (χ1v) is 12.4. The molecule has 4 rings (SSSR count). The van der Waals surface area contributed by atoms with Crippen molar-refractivity contribution in [1.82, 2.24) is 24.2 Å². The van der Waals surface area contributed by atoms with Gasteiger partial charge in [0.25, 0.3) is 15.9 Å². The molecule has 174 valence electrons. The van der Waals surface area contributed by atoms with Gasteiger partial charge in [-0.2, -0.15) is 0 Å². The summed E-state index contributed by atoms with van der Waals surface area (Å²) in [5.74, 6) is -0.217. The van der Waals surface area contributed by atoms with E-state index in [4.69, 9.17) is 23.2 Å². The molecule has 0 fully saturated rings. The number of benzene rings is 1. The number of aryl methyl sites for hydroxylation is 2. The van der Waals surface area contributed by atoms with Crippen molar-refractivity contribution in [2.24, 2.45) is 0 Å². The molecule has 0 radical (unpaired) electrons. The first-order chi connectivity index (χ1) is 16.1. The van der Waals surface area contributed by atoms with Crippen LogP contribution in [0.2, 0.25) is 10.0 Å². The van der Waals surface area contributed by atoms with Crippen LogP contribution in [0.5, 0.6) is 0 Å². The van der Waals surface area contributed by atoms with Gasteiger partial charge in [-0.1, -0.05) is 53.5 Å². The Morgan fingerprint density at radius 3 is 2.56 bits per heavy atom. The van der Waals surface area contributed by atoms with E-state index in [0.29, 0.717) is 43.9 Å². The standard InChI is InChI=1S/C23H19Cl2N5O3S/c1-14-10-19(23(31)29-34(32,33)9-8-16-6-4-3-5-7-16)28-22-21(14)27-15(2)30(22)13-20-18(25)11-17(24)12-26-20/h3-12H,13H2,1-2H3,(H,29,31). The van der Waals surface area contributed by atoms with Gasteiger partial charge in [0.1, 0.15) is 17.0 Å². The van der Waals surface area contributed by atoms with Crippen LogP contribution in [0.25, 0.3) is 17.2 Å². The molecule has 0 unspecified atom stereocenters. The van der Waals surface area contributed by atoms with Crippen LogP contribution in [0, 0.1) is 13.8 Å². The highest BCUT2D eigenvalue weighted by molar-refractivity contribution is 7.93. The molecular weight excluding hydrogens is 497 g/mol. The van der Waals surface area contributed by atoms with E-state index in [-0.39, 0.29) is 12.2 Å². The van der Waals surface area contributed by atoms with E-state index in [1.54, 1.807) is 48.7 Å². The number of pyridine rings is 2. The molecule has 0 bridgehead atoms. The molecule has 0 aliphatic heterocycles. The Hall–Kier alpha value is -3.27. The fraction of sp³-hybridized carbons (Fsp3) is 0.130. The number of nitrogens with one attached hydrogen (secondary N) is 1. The fourth-order valence-corrected chi connectivity index (χ4v) is 4.52. The number of carbonyl (C=O) groups excluding carboxylic acids is 1. The molecular formula is C23H19Cl2N5O3S. The quantitative estimate of drug-likeness (QED) is 0.404. The number of imidazole rings is 1. The average Bonchev–Trinajstić information content (AvgIpc) is 3.10. The van der Waals surface area contributed by atoms with Crippen molar-refractivity contribution in [2.75, 3.05) is 0 Å². The Bertz CT molecular complexity index is 1530. The van der Waals surface area contributed by atoms with Crippen LogP contribution < -0.4 is 4.72 Å². The third kappa shape index (κ3) is 5.27. The van der Waals surface area contributed by atoms with Gasteiger partial charge in [0, 0.05) is 6.20 Å². The predicted octanol–water partition coefficient (Wildman–Crippen LogP) is 4.53. The molecule has 0 atom stereocenters. The summed E-state index contributed by atoms with van der Waals surface area (Å²) in [6, 6.07) is 12.0. The molecule has 3 aromatic heterocycles. The molecule has 0 spiro atoms. The van der Waals surface area contributed by atoms with Crippen LogP contribution in [0.1, 0.15) is 33.1 Å². The van der Waals surface area contributed by atoms with Crippen molar-refractivity contribution in [3.05, 3.63) is 92.5 Å². The summed E-state index contributed by atoms with van der Waals surface area (Å²) >= 11 is 12.2. The smallest absolute Gasteiger partial charge is 0.283 e. The van der Waals surface area contributed by atoms with Gasteiger partial charge in [0.15, 0.2) is 5.65 Å². The summed E-state index contributed by atoms with van der Waals surface area (Å²) in [4.78, 5) is 26.0. The summed E-state index contributed by atoms with van der Waals surface area (Å²) in [7, 11) is -4.04. The molecule has 1 amide bonds. The molecule has 11 heteroatoms. The Kier molecular flexibility index (Phi) is 6.70. The number of hydrogen-bond donors (Lipinski definition) is 1. The van der Waals surface area contributed by atoms with Crippen molar-refractivity contribution in [3.8, 4) is 0 Å². The monoisotopic (exact) mass is 515 g/mol. The lowest BCUT2D eigenvalue weighted by Gasteiger charge is -2.09. The lowest BCUT2D eigenvalue weighted by atomic mass is 10.2. The number of rotatable bonds is 6. The summed E-state index contributed by atoms with van der Waals surface area (Å²) < 4.78 is 28.6. The van der Waals surface area contributed by atoms with E-state index >= 15 is 0 Å². The van der Waals surface area contributed by atoms with Gasteiger partial charge in [0.05, 0.1) is 27.7 Å². The summed E-state index contributed by atoms with van der Waals surface area (Å²) in [5, 5.41) is 1.74. The van der Waals surface area contributed by atoms with Gasteiger partial charge in [-0.25, -0.2) is 23.1 Å². The summed E-state index contributed by atoms with van der Waals surface area (Å²) in [5.41, 5.74) is 2.85. The van der Waals surface area contributed by atoms with E-state index in [9.17, 15) is 13.2 Å². The topological polar surface area (TPSA) is 107 Å². The highest BCUT2D eigenvalue weighted by Gasteiger charge is 2.20. The molecule has 3 heterocycles. The van der Waals surface area contributed by atoms with Gasteiger partial charge in [-0.3, -0.25) is 9.78 Å². The maximum atomic E-state index is 12.8. The summed E-state index contributed by atoms with van der Waals surface area (Å²) in [6.07, 6.45) is 2.89. The van der Waals surface area contributed by atoms with Crippen LogP contribution in [-0.2, 0) is 16.6 Å². The number of carbonyl (C=O) groups is 1. The number of amides is 1. The second-order valence-electron chi connectivity index (χ2n) is 7.51. The second-order valence-corrected chi connectivity index (χ2v) is 9.92. The Morgan fingerprint density at radius 1 is 1.12 bits per heavy atom. The first kappa shape index (κ1) is 23.9. The van der Waals surface area contributed by atoms with E-state index in [0.717, 1.165) is 5.41 Å². The zero-order valence-electron chi connectivity index (χ0n) is 18.2.